The number of amides is 1. The number of carboxylic acid groups (broad SMARTS) is 1. The molecule has 0 heterocycles. The summed E-state index contributed by atoms with van der Waals surface area (Å²) in [6.07, 6.45) is 2.48. The number of carbonyl (C=O) groups is 2. The molecule has 0 aliphatic carbocycles. The van der Waals surface area contributed by atoms with E-state index in [-0.39, 0.29) is 12.5 Å². The Morgan fingerprint density at radius 2 is 1.81 bits per heavy atom. The average Bonchev–Trinajstić information content (AvgIpc) is 2.62. The summed E-state index contributed by atoms with van der Waals surface area (Å²) in [6, 6.07) is 10.7. The van der Waals surface area contributed by atoms with Crippen molar-refractivity contribution in [1.82, 2.24) is 0 Å². The molecule has 0 atom stereocenters. The summed E-state index contributed by atoms with van der Waals surface area (Å²) in [6.45, 7) is 4.00. The van der Waals surface area contributed by atoms with Crippen molar-refractivity contribution < 1.29 is 24.2 Å². The molecule has 0 radical (unpaired) electrons. The molecular formula is C20H20BrNO5. The third kappa shape index (κ3) is 6.45. The molecule has 0 unspecified atom stereocenters. The molecule has 7 heteroatoms. The Morgan fingerprint density at radius 3 is 2.44 bits per heavy atom. The molecule has 0 fully saturated rings. The molecule has 1 amide bonds. The Labute approximate surface area is 165 Å². The molecule has 0 saturated heterocycles. The molecular weight excluding hydrogens is 414 g/mol. The first-order chi connectivity index (χ1) is 12.9. The Balaban J connectivity index is 2.09. The lowest BCUT2D eigenvalue weighted by Crippen LogP contribution is -2.20. The smallest absolute Gasteiger partial charge is 0.328 e. The largest absolute Gasteiger partial charge is 0.490 e. The van der Waals surface area contributed by atoms with Gasteiger partial charge in [-0.3, -0.25) is 4.79 Å². The van der Waals surface area contributed by atoms with Crippen LogP contribution in [0.2, 0.25) is 0 Å². The van der Waals surface area contributed by atoms with Gasteiger partial charge in [0.2, 0.25) is 0 Å². The van der Waals surface area contributed by atoms with Gasteiger partial charge in [0.15, 0.2) is 18.1 Å². The number of aliphatic carboxylic acids is 1. The maximum absolute atomic E-state index is 12.1. The standard InChI is InChI=1S/C20H20BrNO5/c1-3-26-17-10-14(6-9-20(24)25)16(21)11-18(17)27-12-19(23)22-15-7-4-13(2)5-8-15/h4-11H,3,12H2,1-2H3,(H,22,23)(H,24,25)/b9-6+. The quantitative estimate of drug-likeness (QED) is 0.607. The van der Waals surface area contributed by atoms with E-state index in [1.807, 2.05) is 38.1 Å². The molecule has 0 aliphatic rings. The van der Waals surface area contributed by atoms with Crippen molar-refractivity contribution in [2.45, 2.75) is 13.8 Å². The lowest BCUT2D eigenvalue weighted by molar-refractivity contribution is -0.131. The van der Waals surface area contributed by atoms with Crippen LogP contribution in [-0.4, -0.2) is 30.2 Å². The van der Waals surface area contributed by atoms with Gasteiger partial charge in [0, 0.05) is 16.2 Å². The van der Waals surface area contributed by atoms with E-state index in [1.165, 1.54) is 6.08 Å². The predicted octanol–water partition coefficient (Wildman–Crippen LogP) is 4.27. The van der Waals surface area contributed by atoms with E-state index in [1.54, 1.807) is 12.1 Å². The number of aryl methyl sites for hydroxylation is 1. The van der Waals surface area contributed by atoms with Crippen LogP contribution >= 0.6 is 15.9 Å². The summed E-state index contributed by atoms with van der Waals surface area (Å²) in [5, 5.41) is 11.5. The number of hydrogen-bond donors (Lipinski definition) is 2. The van der Waals surface area contributed by atoms with Crippen LogP contribution in [0.5, 0.6) is 11.5 Å². The fourth-order valence-electron chi connectivity index (χ4n) is 2.20. The maximum atomic E-state index is 12.1. The van der Waals surface area contributed by atoms with Gasteiger partial charge >= 0.3 is 5.97 Å². The molecule has 2 aromatic rings. The number of carbonyl (C=O) groups excluding carboxylic acids is 1. The summed E-state index contributed by atoms with van der Waals surface area (Å²) >= 11 is 3.37. The zero-order valence-corrected chi connectivity index (χ0v) is 16.6. The second-order valence-electron chi connectivity index (χ2n) is 5.63. The molecule has 0 saturated carbocycles. The van der Waals surface area contributed by atoms with E-state index in [2.05, 4.69) is 21.2 Å². The van der Waals surface area contributed by atoms with Gasteiger partial charge in [-0.05, 0) is 49.8 Å². The summed E-state index contributed by atoms with van der Waals surface area (Å²) < 4.78 is 11.8. The van der Waals surface area contributed by atoms with E-state index in [0.29, 0.717) is 33.8 Å². The molecule has 0 spiro atoms. The highest BCUT2D eigenvalue weighted by Crippen LogP contribution is 2.34. The Morgan fingerprint density at radius 1 is 1.15 bits per heavy atom. The SMILES string of the molecule is CCOc1cc(/C=C/C(=O)O)c(Br)cc1OCC(=O)Nc1ccc(C)cc1. The highest BCUT2D eigenvalue weighted by Gasteiger charge is 2.12. The van der Waals surface area contributed by atoms with Crippen LogP contribution in [0.3, 0.4) is 0 Å². The van der Waals surface area contributed by atoms with E-state index >= 15 is 0 Å². The molecule has 142 valence electrons. The number of nitrogens with one attached hydrogen (secondary N) is 1. The number of ether oxygens (including phenoxy) is 2. The fraction of sp³-hybridized carbons (Fsp3) is 0.200. The number of hydrogen-bond acceptors (Lipinski definition) is 4. The van der Waals surface area contributed by atoms with E-state index in [9.17, 15) is 9.59 Å². The minimum absolute atomic E-state index is 0.190. The number of carboxylic acids is 1. The van der Waals surface area contributed by atoms with Crippen LogP contribution in [0.25, 0.3) is 6.08 Å². The van der Waals surface area contributed by atoms with E-state index in [4.69, 9.17) is 14.6 Å². The van der Waals surface area contributed by atoms with Gasteiger partial charge in [0.1, 0.15) is 0 Å². The van der Waals surface area contributed by atoms with Gasteiger partial charge in [-0.2, -0.15) is 0 Å². The van der Waals surface area contributed by atoms with Crippen LogP contribution in [-0.2, 0) is 9.59 Å². The van der Waals surface area contributed by atoms with Gasteiger partial charge in [0.25, 0.3) is 5.91 Å². The zero-order valence-electron chi connectivity index (χ0n) is 15.0. The molecule has 0 aliphatic heterocycles. The van der Waals surface area contributed by atoms with Gasteiger partial charge in [-0.1, -0.05) is 33.6 Å². The minimum atomic E-state index is -1.05. The number of anilines is 1. The third-order valence-electron chi connectivity index (χ3n) is 3.46. The monoisotopic (exact) mass is 433 g/mol. The van der Waals surface area contributed by atoms with Crippen LogP contribution in [0, 0.1) is 6.92 Å². The van der Waals surface area contributed by atoms with Crippen molar-refractivity contribution in [3.8, 4) is 11.5 Å². The summed E-state index contributed by atoms with van der Waals surface area (Å²) in [5.74, 6) is -0.538. The molecule has 2 rings (SSSR count). The van der Waals surface area contributed by atoms with Gasteiger partial charge in [0.05, 0.1) is 6.61 Å². The lowest BCUT2D eigenvalue weighted by atomic mass is 10.2. The van der Waals surface area contributed by atoms with Crippen LogP contribution in [0.4, 0.5) is 5.69 Å². The zero-order chi connectivity index (χ0) is 19.8. The second-order valence-corrected chi connectivity index (χ2v) is 6.48. The molecule has 27 heavy (non-hydrogen) atoms. The van der Waals surface area contributed by atoms with Gasteiger partial charge < -0.3 is 19.9 Å². The van der Waals surface area contributed by atoms with Crippen LogP contribution < -0.4 is 14.8 Å². The van der Waals surface area contributed by atoms with Crippen molar-refractivity contribution >= 4 is 39.6 Å². The molecule has 6 nitrogen and oxygen atoms in total. The Hall–Kier alpha value is -2.80. The highest BCUT2D eigenvalue weighted by atomic mass is 79.9. The van der Waals surface area contributed by atoms with Crippen LogP contribution in [0.15, 0.2) is 46.9 Å². The fourth-order valence-corrected chi connectivity index (χ4v) is 2.65. The van der Waals surface area contributed by atoms with Crippen molar-refractivity contribution in [3.05, 3.63) is 58.1 Å². The Kier molecular flexibility index (Phi) is 7.43. The first kappa shape index (κ1) is 20.5. The summed E-state index contributed by atoms with van der Waals surface area (Å²) in [4.78, 5) is 22.8. The second kappa shape index (κ2) is 9.78. The van der Waals surface area contributed by atoms with Gasteiger partial charge in [-0.25, -0.2) is 4.79 Å². The number of rotatable bonds is 8. The average molecular weight is 434 g/mol. The van der Waals surface area contributed by atoms with Gasteiger partial charge in [-0.15, -0.1) is 0 Å². The molecule has 2 N–H and O–H groups in total. The normalized spacial score (nSPS) is 10.6. The van der Waals surface area contributed by atoms with Crippen molar-refractivity contribution in [1.29, 1.82) is 0 Å². The Bertz CT molecular complexity index is 846. The highest BCUT2D eigenvalue weighted by molar-refractivity contribution is 9.10. The van der Waals surface area contributed by atoms with Crippen LogP contribution in [0.1, 0.15) is 18.1 Å². The topological polar surface area (TPSA) is 84.9 Å². The molecule has 0 bridgehead atoms. The summed E-state index contributed by atoms with van der Waals surface area (Å²) in [7, 11) is 0. The summed E-state index contributed by atoms with van der Waals surface area (Å²) in [5.41, 5.74) is 2.42. The van der Waals surface area contributed by atoms with E-state index < -0.39 is 5.97 Å². The molecule has 2 aromatic carbocycles. The minimum Gasteiger partial charge on any atom is -0.490 e. The van der Waals surface area contributed by atoms with Crippen molar-refractivity contribution in [2.75, 3.05) is 18.5 Å². The molecule has 0 aromatic heterocycles. The first-order valence-electron chi connectivity index (χ1n) is 8.25. The third-order valence-corrected chi connectivity index (χ3v) is 4.15. The number of benzene rings is 2. The number of halogens is 1. The first-order valence-corrected chi connectivity index (χ1v) is 9.05. The predicted molar refractivity (Wildman–Crippen MR) is 107 cm³/mol. The van der Waals surface area contributed by atoms with Crippen molar-refractivity contribution in [3.63, 3.8) is 0 Å². The van der Waals surface area contributed by atoms with Crippen molar-refractivity contribution in [2.24, 2.45) is 0 Å². The maximum Gasteiger partial charge on any atom is 0.328 e. The lowest BCUT2D eigenvalue weighted by Gasteiger charge is -2.14. The van der Waals surface area contributed by atoms with E-state index in [0.717, 1.165) is 11.6 Å².